The Kier molecular flexibility index (Phi) is 6.74. The lowest BCUT2D eigenvalue weighted by Gasteiger charge is -2.47. The predicted octanol–water partition coefficient (Wildman–Crippen LogP) is 3.43. The fraction of sp³-hybridized carbons (Fsp3) is 1.00. The van der Waals surface area contributed by atoms with Crippen molar-refractivity contribution in [2.75, 3.05) is 13.7 Å². The Morgan fingerprint density at radius 3 is 2.32 bits per heavy atom. The predicted molar refractivity (Wildman–Crippen MR) is 74.6 cm³/mol. The average Bonchev–Trinajstić information content (AvgIpc) is 2.44. The third-order valence-corrected chi connectivity index (χ3v) is 4.19. The van der Waals surface area contributed by atoms with E-state index in [0.717, 1.165) is 44.9 Å². The quantitative estimate of drug-likeness (QED) is 0.689. The maximum Gasteiger partial charge on any atom is 0.206 e. The van der Waals surface area contributed by atoms with E-state index in [-0.39, 0.29) is 18.1 Å². The third kappa shape index (κ3) is 4.15. The van der Waals surface area contributed by atoms with Gasteiger partial charge in [-0.25, -0.2) is 9.78 Å². The number of hydrogen-bond donors (Lipinski definition) is 1. The number of methoxy groups -OCH3 is 1. The Bertz CT molecular complexity index is 259. The molecule has 0 spiro atoms. The molecule has 4 nitrogen and oxygen atoms in total. The fourth-order valence-corrected chi connectivity index (χ4v) is 2.82. The van der Waals surface area contributed by atoms with E-state index in [0.29, 0.717) is 0 Å². The molecule has 1 N–H and O–H groups in total. The average molecular weight is 274 g/mol. The molecule has 0 aromatic carbocycles. The summed E-state index contributed by atoms with van der Waals surface area (Å²) < 4.78 is 5.57. The van der Waals surface area contributed by atoms with Gasteiger partial charge >= 0.3 is 0 Å². The second-order valence-corrected chi connectivity index (χ2v) is 5.92. The highest BCUT2D eigenvalue weighted by atomic mass is 17.2. The molecule has 3 atom stereocenters. The van der Waals surface area contributed by atoms with Crippen LogP contribution in [0.3, 0.4) is 0 Å². The highest BCUT2D eigenvalue weighted by Gasteiger charge is 2.50. The van der Waals surface area contributed by atoms with Crippen molar-refractivity contribution in [2.45, 2.75) is 77.1 Å². The minimum atomic E-state index is -0.781. The van der Waals surface area contributed by atoms with Gasteiger partial charge in [-0.15, -0.1) is 0 Å². The topological polar surface area (TPSA) is 47.9 Å². The van der Waals surface area contributed by atoms with Gasteiger partial charge in [-0.1, -0.05) is 33.1 Å². The molecule has 0 aromatic rings. The summed E-state index contributed by atoms with van der Waals surface area (Å²) in [4.78, 5) is 11.3. The van der Waals surface area contributed by atoms with Crippen LogP contribution in [0.1, 0.15) is 65.7 Å². The first-order valence-corrected chi connectivity index (χ1v) is 7.58. The molecule has 1 heterocycles. The molecule has 0 unspecified atom stereocenters. The molecule has 1 aliphatic heterocycles. The van der Waals surface area contributed by atoms with Crippen LogP contribution in [0.2, 0.25) is 0 Å². The maximum atomic E-state index is 9.70. The molecule has 1 rings (SSSR count). The van der Waals surface area contributed by atoms with E-state index in [4.69, 9.17) is 14.5 Å². The van der Waals surface area contributed by atoms with Crippen LogP contribution in [0.15, 0.2) is 0 Å². The summed E-state index contributed by atoms with van der Waals surface area (Å²) >= 11 is 0. The zero-order valence-electron chi connectivity index (χ0n) is 12.9. The number of hydrogen-bond acceptors (Lipinski definition) is 4. The van der Waals surface area contributed by atoms with Gasteiger partial charge in [0.25, 0.3) is 0 Å². The lowest BCUT2D eigenvalue weighted by molar-refractivity contribution is -0.505. The summed E-state index contributed by atoms with van der Waals surface area (Å²) in [7, 11) is 1.64. The second-order valence-electron chi connectivity index (χ2n) is 5.92. The van der Waals surface area contributed by atoms with Crippen LogP contribution in [-0.2, 0) is 14.5 Å². The molecule has 4 heteroatoms. The molecular weight excluding hydrogens is 244 g/mol. The van der Waals surface area contributed by atoms with Crippen molar-refractivity contribution in [3.63, 3.8) is 0 Å². The molecule has 0 aliphatic carbocycles. The van der Waals surface area contributed by atoms with E-state index in [9.17, 15) is 5.11 Å². The van der Waals surface area contributed by atoms with Gasteiger partial charge in [-0.2, -0.15) is 0 Å². The summed E-state index contributed by atoms with van der Waals surface area (Å²) in [6.07, 6.45) is 6.80. The SMILES string of the molecule is CCCC[C@]1(C)C[C@H](CO)[C@@](CCCC)(OC)OO1. The number of unbranched alkanes of at least 4 members (excludes halogenated alkanes) is 2. The normalized spacial score (nSPS) is 35.5. The highest BCUT2D eigenvalue weighted by molar-refractivity contribution is 4.89. The van der Waals surface area contributed by atoms with E-state index >= 15 is 0 Å². The molecule has 0 amide bonds. The first-order valence-electron chi connectivity index (χ1n) is 7.58. The largest absolute Gasteiger partial charge is 0.396 e. The van der Waals surface area contributed by atoms with Gasteiger partial charge in [0, 0.05) is 19.4 Å². The van der Waals surface area contributed by atoms with E-state index < -0.39 is 5.79 Å². The van der Waals surface area contributed by atoms with E-state index in [2.05, 4.69) is 20.8 Å². The smallest absolute Gasteiger partial charge is 0.206 e. The molecule has 114 valence electrons. The van der Waals surface area contributed by atoms with E-state index in [1.54, 1.807) is 7.11 Å². The lowest BCUT2D eigenvalue weighted by Crippen LogP contribution is -2.54. The molecule has 0 aromatic heterocycles. The van der Waals surface area contributed by atoms with Gasteiger partial charge < -0.3 is 9.84 Å². The van der Waals surface area contributed by atoms with Crippen LogP contribution >= 0.6 is 0 Å². The summed E-state index contributed by atoms with van der Waals surface area (Å²) in [6, 6.07) is 0. The minimum Gasteiger partial charge on any atom is -0.396 e. The van der Waals surface area contributed by atoms with Gasteiger partial charge in [-0.05, 0) is 26.2 Å². The summed E-state index contributed by atoms with van der Waals surface area (Å²) in [6.45, 7) is 6.43. The zero-order valence-corrected chi connectivity index (χ0v) is 12.9. The van der Waals surface area contributed by atoms with Crippen molar-refractivity contribution in [1.29, 1.82) is 0 Å². The van der Waals surface area contributed by atoms with Gasteiger partial charge in [-0.3, -0.25) is 0 Å². The van der Waals surface area contributed by atoms with Crippen molar-refractivity contribution < 1.29 is 19.6 Å². The molecule has 1 aliphatic rings. The van der Waals surface area contributed by atoms with Crippen molar-refractivity contribution >= 4 is 0 Å². The van der Waals surface area contributed by atoms with Gasteiger partial charge in [0.1, 0.15) is 5.60 Å². The standard InChI is InChI=1S/C15H30O4/c1-5-7-9-14(3)11-13(12-16)15(17-4,19-18-14)10-8-6-2/h13,16H,5-12H2,1-4H3/t13-,14-,15+/m1/s1. The van der Waals surface area contributed by atoms with Crippen molar-refractivity contribution in [3.8, 4) is 0 Å². The van der Waals surface area contributed by atoms with Gasteiger partial charge in [0.05, 0.1) is 6.61 Å². The molecule has 0 bridgehead atoms. The van der Waals surface area contributed by atoms with Gasteiger partial charge in [0.15, 0.2) is 0 Å². The Balaban J connectivity index is 2.72. The summed E-state index contributed by atoms with van der Waals surface area (Å²) in [5.41, 5.74) is -0.308. The number of aliphatic hydroxyl groups is 1. The fourth-order valence-electron chi connectivity index (χ4n) is 2.82. The van der Waals surface area contributed by atoms with Crippen LogP contribution in [0.5, 0.6) is 0 Å². The van der Waals surface area contributed by atoms with Crippen molar-refractivity contribution in [1.82, 2.24) is 0 Å². The highest BCUT2D eigenvalue weighted by Crippen LogP contribution is 2.43. The summed E-state index contributed by atoms with van der Waals surface area (Å²) in [5, 5.41) is 9.70. The Labute approximate surface area is 117 Å². The molecule has 0 radical (unpaired) electrons. The zero-order chi connectivity index (χ0) is 14.4. The molecule has 19 heavy (non-hydrogen) atoms. The van der Waals surface area contributed by atoms with Crippen LogP contribution in [0.25, 0.3) is 0 Å². The Morgan fingerprint density at radius 2 is 1.79 bits per heavy atom. The monoisotopic (exact) mass is 274 g/mol. The van der Waals surface area contributed by atoms with E-state index in [1.165, 1.54) is 0 Å². The number of rotatable bonds is 8. The first-order chi connectivity index (χ1) is 9.05. The molecule has 1 saturated heterocycles. The summed E-state index contributed by atoms with van der Waals surface area (Å²) in [5.74, 6) is -0.809. The number of aliphatic hydroxyl groups excluding tert-OH is 1. The van der Waals surface area contributed by atoms with Crippen LogP contribution in [-0.4, -0.2) is 30.2 Å². The van der Waals surface area contributed by atoms with Crippen molar-refractivity contribution in [3.05, 3.63) is 0 Å². The van der Waals surface area contributed by atoms with Gasteiger partial charge in [0.2, 0.25) is 5.79 Å². The third-order valence-electron chi connectivity index (χ3n) is 4.19. The minimum absolute atomic E-state index is 0.0281. The maximum absolute atomic E-state index is 9.70. The van der Waals surface area contributed by atoms with Crippen LogP contribution in [0.4, 0.5) is 0 Å². The first kappa shape index (κ1) is 16.9. The van der Waals surface area contributed by atoms with E-state index in [1.807, 2.05) is 0 Å². The second kappa shape index (κ2) is 7.58. The lowest BCUT2D eigenvalue weighted by atomic mass is 9.81. The van der Waals surface area contributed by atoms with Crippen LogP contribution < -0.4 is 0 Å². The Morgan fingerprint density at radius 1 is 1.16 bits per heavy atom. The number of ether oxygens (including phenoxy) is 1. The molecular formula is C15H30O4. The van der Waals surface area contributed by atoms with Crippen molar-refractivity contribution in [2.24, 2.45) is 5.92 Å². The molecule has 1 fully saturated rings. The molecule has 0 saturated carbocycles. The Hall–Kier alpha value is -0.160. The van der Waals surface area contributed by atoms with Crippen LogP contribution in [0, 0.1) is 5.92 Å².